The van der Waals surface area contributed by atoms with Gasteiger partial charge in [-0.05, 0) is 43.2 Å². The van der Waals surface area contributed by atoms with Crippen molar-refractivity contribution in [3.63, 3.8) is 0 Å². The highest BCUT2D eigenvalue weighted by Crippen LogP contribution is 2.39. The zero-order chi connectivity index (χ0) is 13.4. The Bertz CT molecular complexity index is 599. The van der Waals surface area contributed by atoms with Gasteiger partial charge in [0.05, 0.1) is 12.3 Å². The monoisotopic (exact) mass is 256 g/mol. The van der Waals surface area contributed by atoms with Gasteiger partial charge in [-0.1, -0.05) is 6.07 Å². The first-order valence-corrected chi connectivity index (χ1v) is 6.88. The van der Waals surface area contributed by atoms with Gasteiger partial charge < -0.3 is 15.0 Å². The second-order valence-corrected chi connectivity index (χ2v) is 5.25. The summed E-state index contributed by atoms with van der Waals surface area (Å²) in [5.74, 6) is 0.947. The van der Waals surface area contributed by atoms with Gasteiger partial charge in [0, 0.05) is 30.8 Å². The maximum atomic E-state index is 5.93. The van der Waals surface area contributed by atoms with Crippen molar-refractivity contribution in [2.24, 2.45) is 5.73 Å². The van der Waals surface area contributed by atoms with Gasteiger partial charge in [-0.3, -0.25) is 0 Å². The predicted octanol–water partition coefficient (Wildman–Crippen LogP) is 2.81. The molecule has 19 heavy (non-hydrogen) atoms. The van der Waals surface area contributed by atoms with Crippen LogP contribution < -0.4 is 10.5 Å². The van der Waals surface area contributed by atoms with Crippen LogP contribution in [-0.2, 0) is 13.0 Å². The van der Waals surface area contributed by atoms with Crippen LogP contribution in [0.3, 0.4) is 0 Å². The Labute approximate surface area is 114 Å². The summed E-state index contributed by atoms with van der Waals surface area (Å²) in [6, 6.07) is 8.76. The molecular formula is C16H20N2O. The van der Waals surface area contributed by atoms with Crippen molar-refractivity contribution < 1.29 is 4.74 Å². The van der Waals surface area contributed by atoms with E-state index in [1.165, 1.54) is 22.4 Å². The smallest absolute Gasteiger partial charge is 0.119 e. The molecule has 0 radical (unpaired) electrons. The molecule has 100 valence electrons. The summed E-state index contributed by atoms with van der Waals surface area (Å²) in [7, 11) is 0. The summed E-state index contributed by atoms with van der Waals surface area (Å²) in [6.07, 6.45) is 3.16. The zero-order valence-electron chi connectivity index (χ0n) is 11.5. The normalized spacial score (nSPS) is 14.1. The second-order valence-electron chi connectivity index (χ2n) is 5.25. The number of benzene rings is 1. The maximum Gasteiger partial charge on any atom is 0.119 e. The van der Waals surface area contributed by atoms with Gasteiger partial charge in [0.2, 0.25) is 0 Å². The van der Waals surface area contributed by atoms with Crippen molar-refractivity contribution in [1.82, 2.24) is 4.57 Å². The molecule has 2 aromatic rings. The lowest BCUT2D eigenvalue weighted by atomic mass is 10.1. The molecule has 3 heteroatoms. The molecule has 1 aromatic carbocycles. The number of rotatable bonds is 4. The van der Waals surface area contributed by atoms with Crippen molar-refractivity contribution in [2.45, 2.75) is 32.9 Å². The molecule has 2 N–H and O–H groups in total. The molecule has 3 nitrogen and oxygen atoms in total. The van der Waals surface area contributed by atoms with E-state index in [-0.39, 0.29) is 6.04 Å². The summed E-state index contributed by atoms with van der Waals surface area (Å²) in [6.45, 7) is 5.61. The highest BCUT2D eigenvalue weighted by atomic mass is 16.5. The Kier molecular flexibility index (Phi) is 3.07. The molecule has 1 unspecified atom stereocenters. The van der Waals surface area contributed by atoms with Crippen LogP contribution in [0.2, 0.25) is 0 Å². The molecule has 0 aliphatic heterocycles. The number of aromatic nitrogens is 1. The van der Waals surface area contributed by atoms with Crippen LogP contribution in [0.4, 0.5) is 0 Å². The minimum atomic E-state index is 0.163. The van der Waals surface area contributed by atoms with Crippen LogP contribution in [0.15, 0.2) is 30.5 Å². The van der Waals surface area contributed by atoms with Crippen LogP contribution in [0, 0.1) is 0 Å². The summed E-state index contributed by atoms with van der Waals surface area (Å²) >= 11 is 0. The van der Waals surface area contributed by atoms with Gasteiger partial charge in [-0.25, -0.2) is 0 Å². The summed E-state index contributed by atoms with van der Waals surface area (Å²) in [4.78, 5) is 0. The Balaban J connectivity index is 2.03. The third-order valence-corrected chi connectivity index (χ3v) is 3.56. The van der Waals surface area contributed by atoms with Gasteiger partial charge in [0.1, 0.15) is 5.75 Å². The van der Waals surface area contributed by atoms with E-state index in [4.69, 9.17) is 10.5 Å². The molecule has 3 rings (SSSR count). The van der Waals surface area contributed by atoms with Crippen LogP contribution in [0.25, 0.3) is 11.3 Å². The first-order chi connectivity index (χ1) is 9.19. The van der Waals surface area contributed by atoms with Crippen LogP contribution in [-0.4, -0.2) is 17.2 Å². The van der Waals surface area contributed by atoms with E-state index in [0.717, 1.165) is 18.7 Å². The first kappa shape index (κ1) is 12.3. The molecule has 0 spiro atoms. The summed E-state index contributed by atoms with van der Waals surface area (Å²) in [5.41, 5.74) is 11.3. The third kappa shape index (κ3) is 2.15. The van der Waals surface area contributed by atoms with E-state index < -0.39 is 0 Å². The Morgan fingerprint density at radius 3 is 2.89 bits per heavy atom. The summed E-state index contributed by atoms with van der Waals surface area (Å²) < 4.78 is 7.88. The number of nitrogens with two attached hydrogens (primary N) is 1. The van der Waals surface area contributed by atoms with E-state index in [2.05, 4.69) is 35.0 Å². The molecular weight excluding hydrogens is 236 g/mol. The molecule has 1 heterocycles. The standard InChI is InChI=1S/C16H20N2O/c1-3-19-14-5-4-12-8-13-6-7-18(10-11(2)17)16(13)15(12)9-14/h4-7,9,11H,3,8,10,17H2,1-2H3. The highest BCUT2D eigenvalue weighted by molar-refractivity contribution is 5.75. The van der Waals surface area contributed by atoms with E-state index in [1.807, 2.05) is 13.8 Å². The zero-order valence-corrected chi connectivity index (χ0v) is 11.5. The molecule has 1 aliphatic carbocycles. The third-order valence-electron chi connectivity index (χ3n) is 3.56. The fourth-order valence-electron chi connectivity index (χ4n) is 2.84. The average molecular weight is 256 g/mol. The lowest BCUT2D eigenvalue weighted by molar-refractivity contribution is 0.340. The van der Waals surface area contributed by atoms with Crippen LogP contribution >= 0.6 is 0 Å². The molecule has 1 aromatic heterocycles. The Hall–Kier alpha value is -1.74. The molecule has 1 atom stereocenters. The molecule has 0 amide bonds. The van der Waals surface area contributed by atoms with Crippen molar-refractivity contribution in [1.29, 1.82) is 0 Å². The molecule has 0 bridgehead atoms. The fraction of sp³-hybridized carbons (Fsp3) is 0.375. The van der Waals surface area contributed by atoms with E-state index in [1.54, 1.807) is 0 Å². The fourth-order valence-corrected chi connectivity index (χ4v) is 2.84. The van der Waals surface area contributed by atoms with Gasteiger partial charge in [0.15, 0.2) is 0 Å². The van der Waals surface area contributed by atoms with E-state index in [9.17, 15) is 0 Å². The largest absolute Gasteiger partial charge is 0.494 e. The minimum absolute atomic E-state index is 0.163. The van der Waals surface area contributed by atoms with Crippen molar-refractivity contribution in [3.05, 3.63) is 41.6 Å². The molecule has 0 saturated carbocycles. The quantitative estimate of drug-likeness (QED) is 0.779. The van der Waals surface area contributed by atoms with Crippen molar-refractivity contribution in [3.8, 4) is 17.0 Å². The molecule has 0 fully saturated rings. The van der Waals surface area contributed by atoms with E-state index >= 15 is 0 Å². The van der Waals surface area contributed by atoms with Gasteiger partial charge in [-0.15, -0.1) is 0 Å². The van der Waals surface area contributed by atoms with Gasteiger partial charge in [0.25, 0.3) is 0 Å². The SMILES string of the molecule is CCOc1ccc2c(c1)-c1c(ccn1CC(C)N)C2. The maximum absolute atomic E-state index is 5.93. The lowest BCUT2D eigenvalue weighted by Gasteiger charge is -2.12. The Morgan fingerprint density at radius 2 is 2.16 bits per heavy atom. The highest BCUT2D eigenvalue weighted by Gasteiger charge is 2.22. The van der Waals surface area contributed by atoms with Gasteiger partial charge in [-0.2, -0.15) is 0 Å². The van der Waals surface area contributed by atoms with Crippen molar-refractivity contribution in [2.75, 3.05) is 6.61 Å². The predicted molar refractivity (Wildman–Crippen MR) is 77.5 cm³/mol. The molecule has 1 aliphatic rings. The minimum Gasteiger partial charge on any atom is -0.494 e. The Morgan fingerprint density at radius 1 is 1.32 bits per heavy atom. The lowest BCUT2D eigenvalue weighted by Crippen LogP contribution is -2.22. The topological polar surface area (TPSA) is 40.2 Å². The number of hydrogen-bond acceptors (Lipinski definition) is 2. The average Bonchev–Trinajstić information content (AvgIpc) is 2.89. The van der Waals surface area contributed by atoms with Crippen LogP contribution in [0.5, 0.6) is 5.75 Å². The first-order valence-electron chi connectivity index (χ1n) is 6.88. The molecule has 0 saturated heterocycles. The van der Waals surface area contributed by atoms with Crippen LogP contribution in [0.1, 0.15) is 25.0 Å². The summed E-state index contributed by atoms with van der Waals surface area (Å²) in [5, 5.41) is 0. The number of hydrogen-bond donors (Lipinski definition) is 1. The number of nitrogens with zero attached hydrogens (tertiary/aromatic N) is 1. The number of fused-ring (bicyclic) bond motifs is 3. The van der Waals surface area contributed by atoms with Crippen molar-refractivity contribution >= 4 is 0 Å². The van der Waals surface area contributed by atoms with Gasteiger partial charge >= 0.3 is 0 Å². The van der Waals surface area contributed by atoms with E-state index in [0.29, 0.717) is 6.61 Å². The second kappa shape index (κ2) is 4.74. The number of ether oxygens (including phenoxy) is 1.